The Morgan fingerprint density at radius 1 is 0.857 bits per heavy atom. The van der Waals surface area contributed by atoms with Gasteiger partial charge >= 0.3 is 0 Å². The smallest absolute Gasteiger partial charge is 0.164 e. The van der Waals surface area contributed by atoms with Crippen LogP contribution >= 0.6 is 0 Å². The minimum absolute atomic E-state index is 0.0136. The molecule has 0 unspecified atom stereocenters. The fourth-order valence-electron chi connectivity index (χ4n) is 2.79. The zero-order valence-electron chi connectivity index (χ0n) is 11.7. The molecule has 0 N–H and O–H groups in total. The molecule has 0 atom stereocenters. The molecule has 104 valence electrons. The Morgan fingerprint density at radius 3 is 1.67 bits per heavy atom. The van der Waals surface area contributed by atoms with Gasteiger partial charge in [0.1, 0.15) is 12.7 Å². The molecule has 0 spiro atoms. The quantitative estimate of drug-likeness (QED) is 0.736. The lowest BCUT2D eigenvalue weighted by molar-refractivity contribution is -0.122. The Labute approximate surface area is 123 Å². The number of carbonyl (C=O) groups excluding carboxylic acids is 1. The van der Waals surface area contributed by atoms with E-state index < -0.39 is 5.54 Å². The normalized spacial score (nSPS) is 11.3. The molecule has 1 aromatic heterocycles. The zero-order chi connectivity index (χ0) is 14.7. The van der Waals surface area contributed by atoms with E-state index in [4.69, 9.17) is 0 Å². The van der Waals surface area contributed by atoms with E-state index in [9.17, 15) is 4.79 Å². The summed E-state index contributed by atoms with van der Waals surface area (Å²) in [6, 6.07) is 19.4. The van der Waals surface area contributed by atoms with Crippen molar-refractivity contribution in [2.24, 2.45) is 0 Å². The van der Waals surface area contributed by atoms with Crippen molar-refractivity contribution < 1.29 is 4.79 Å². The van der Waals surface area contributed by atoms with Crippen molar-refractivity contribution in [2.45, 2.75) is 12.5 Å². The Hall–Kier alpha value is -2.75. The van der Waals surface area contributed by atoms with E-state index in [0.29, 0.717) is 0 Å². The van der Waals surface area contributed by atoms with Gasteiger partial charge < -0.3 is 0 Å². The summed E-state index contributed by atoms with van der Waals surface area (Å²) in [6.45, 7) is 1.60. The maximum Gasteiger partial charge on any atom is 0.164 e. The fourth-order valence-corrected chi connectivity index (χ4v) is 2.79. The number of hydrogen-bond donors (Lipinski definition) is 0. The van der Waals surface area contributed by atoms with E-state index >= 15 is 0 Å². The van der Waals surface area contributed by atoms with Gasteiger partial charge in [-0.05, 0) is 18.1 Å². The average molecular weight is 277 g/mol. The fraction of sp³-hybridized carbons (Fsp3) is 0.118. The molecule has 0 saturated carbocycles. The minimum Gasteiger partial charge on any atom is -0.298 e. The zero-order valence-corrected chi connectivity index (χ0v) is 11.7. The number of rotatable bonds is 4. The molecule has 0 aliphatic heterocycles. The molecule has 0 saturated heterocycles. The third kappa shape index (κ3) is 2.05. The molecule has 3 rings (SSSR count). The number of carbonyl (C=O) groups is 1. The Balaban J connectivity index is 2.36. The van der Waals surface area contributed by atoms with Crippen molar-refractivity contribution in [1.29, 1.82) is 0 Å². The van der Waals surface area contributed by atoms with Crippen molar-refractivity contribution in [3.63, 3.8) is 0 Å². The third-order valence-corrected chi connectivity index (χ3v) is 3.70. The van der Waals surface area contributed by atoms with Crippen LogP contribution in [0.3, 0.4) is 0 Å². The number of nitrogens with zero attached hydrogens (tertiary/aromatic N) is 3. The van der Waals surface area contributed by atoms with Gasteiger partial charge in [0, 0.05) is 0 Å². The van der Waals surface area contributed by atoms with Gasteiger partial charge in [-0.1, -0.05) is 60.7 Å². The van der Waals surface area contributed by atoms with E-state index in [-0.39, 0.29) is 5.78 Å². The molecule has 0 bridgehead atoms. The molecule has 4 nitrogen and oxygen atoms in total. The van der Waals surface area contributed by atoms with E-state index in [1.807, 2.05) is 60.7 Å². The number of hydrogen-bond acceptors (Lipinski definition) is 3. The van der Waals surface area contributed by atoms with Gasteiger partial charge in [0.05, 0.1) is 0 Å². The number of Topliss-reactive ketones (excluding diaryl/α,β-unsaturated/α-hetero) is 1. The molecule has 2 aromatic carbocycles. The molecule has 0 aliphatic carbocycles. The number of ketones is 1. The van der Waals surface area contributed by atoms with Crippen LogP contribution in [0.2, 0.25) is 0 Å². The summed E-state index contributed by atoms with van der Waals surface area (Å²) in [4.78, 5) is 12.7. The van der Waals surface area contributed by atoms with Crippen LogP contribution in [-0.4, -0.2) is 20.5 Å². The van der Waals surface area contributed by atoms with Crippen molar-refractivity contribution in [3.05, 3.63) is 84.4 Å². The van der Waals surface area contributed by atoms with Gasteiger partial charge in [0.2, 0.25) is 0 Å². The summed E-state index contributed by atoms with van der Waals surface area (Å²) in [6.07, 6.45) is 3.17. The van der Waals surface area contributed by atoms with Gasteiger partial charge in [0.25, 0.3) is 0 Å². The first kappa shape index (κ1) is 13.2. The average Bonchev–Trinajstić information content (AvgIpc) is 3.04. The highest BCUT2D eigenvalue weighted by atomic mass is 16.1. The van der Waals surface area contributed by atoms with Crippen LogP contribution in [0.1, 0.15) is 18.1 Å². The van der Waals surface area contributed by atoms with Crippen LogP contribution in [0.4, 0.5) is 0 Å². The van der Waals surface area contributed by atoms with Crippen LogP contribution in [0.15, 0.2) is 73.3 Å². The second-order valence-corrected chi connectivity index (χ2v) is 4.87. The van der Waals surface area contributed by atoms with Crippen molar-refractivity contribution >= 4 is 5.78 Å². The molecular weight excluding hydrogens is 262 g/mol. The van der Waals surface area contributed by atoms with Gasteiger partial charge in [-0.2, -0.15) is 0 Å². The molecule has 3 aromatic rings. The molecule has 21 heavy (non-hydrogen) atoms. The summed E-state index contributed by atoms with van der Waals surface area (Å²) in [5.41, 5.74) is 0.846. The van der Waals surface area contributed by atoms with Crippen LogP contribution in [-0.2, 0) is 10.3 Å². The summed E-state index contributed by atoms with van der Waals surface area (Å²) in [7, 11) is 0. The highest BCUT2D eigenvalue weighted by Gasteiger charge is 2.41. The molecule has 4 heteroatoms. The number of aromatic nitrogens is 3. The first-order valence-electron chi connectivity index (χ1n) is 6.73. The van der Waals surface area contributed by atoms with Crippen molar-refractivity contribution in [3.8, 4) is 0 Å². The van der Waals surface area contributed by atoms with Gasteiger partial charge in [0.15, 0.2) is 11.3 Å². The molecule has 0 aliphatic rings. The first-order chi connectivity index (χ1) is 10.3. The van der Waals surface area contributed by atoms with Crippen LogP contribution in [0.25, 0.3) is 0 Å². The maximum atomic E-state index is 12.7. The first-order valence-corrected chi connectivity index (χ1v) is 6.73. The van der Waals surface area contributed by atoms with E-state index in [1.54, 1.807) is 24.1 Å². The predicted molar refractivity (Wildman–Crippen MR) is 79.8 cm³/mol. The van der Waals surface area contributed by atoms with Gasteiger partial charge in [-0.25, -0.2) is 0 Å². The van der Waals surface area contributed by atoms with Crippen molar-refractivity contribution in [2.75, 3.05) is 0 Å². The monoisotopic (exact) mass is 277 g/mol. The second-order valence-electron chi connectivity index (χ2n) is 4.87. The van der Waals surface area contributed by atoms with Crippen LogP contribution in [0, 0.1) is 0 Å². The van der Waals surface area contributed by atoms with E-state index in [1.165, 1.54) is 0 Å². The molecule has 0 fully saturated rings. The molecular formula is C17H15N3O. The van der Waals surface area contributed by atoms with Crippen molar-refractivity contribution in [1.82, 2.24) is 14.8 Å². The predicted octanol–water partition coefficient (Wildman–Crippen LogP) is 2.66. The molecule has 1 heterocycles. The van der Waals surface area contributed by atoms with Gasteiger partial charge in [-0.3, -0.25) is 9.36 Å². The summed E-state index contributed by atoms with van der Waals surface area (Å²) in [5, 5.41) is 7.76. The van der Waals surface area contributed by atoms with Gasteiger partial charge in [-0.15, -0.1) is 10.2 Å². The largest absolute Gasteiger partial charge is 0.298 e. The second kappa shape index (κ2) is 5.32. The summed E-state index contributed by atoms with van der Waals surface area (Å²) in [5.74, 6) is 0.0136. The highest BCUT2D eigenvalue weighted by molar-refractivity contribution is 5.91. The SMILES string of the molecule is CC(=O)C(c1ccccc1)(c1ccccc1)n1cnnc1. The Morgan fingerprint density at radius 2 is 1.29 bits per heavy atom. The standard InChI is InChI=1S/C17H15N3O/c1-14(21)17(20-12-18-19-13-20,15-8-4-2-5-9-15)16-10-6-3-7-11-16/h2-13H,1H3. The maximum absolute atomic E-state index is 12.7. The highest BCUT2D eigenvalue weighted by Crippen LogP contribution is 2.34. The van der Waals surface area contributed by atoms with Crippen LogP contribution in [0.5, 0.6) is 0 Å². The third-order valence-electron chi connectivity index (χ3n) is 3.70. The lowest BCUT2D eigenvalue weighted by Gasteiger charge is -2.33. The molecule has 0 amide bonds. The molecule has 0 radical (unpaired) electrons. The Kier molecular flexibility index (Phi) is 3.36. The Bertz CT molecular complexity index is 682. The lowest BCUT2D eigenvalue weighted by Crippen LogP contribution is -2.42. The van der Waals surface area contributed by atoms with E-state index in [0.717, 1.165) is 11.1 Å². The minimum atomic E-state index is -0.938. The van der Waals surface area contributed by atoms with Crippen LogP contribution < -0.4 is 0 Å². The lowest BCUT2D eigenvalue weighted by atomic mass is 9.79. The summed E-state index contributed by atoms with van der Waals surface area (Å²) >= 11 is 0. The topological polar surface area (TPSA) is 47.8 Å². The van der Waals surface area contributed by atoms with E-state index in [2.05, 4.69) is 10.2 Å². The summed E-state index contributed by atoms with van der Waals surface area (Å²) < 4.78 is 1.76. The number of benzene rings is 2.